The van der Waals surface area contributed by atoms with Crippen LogP contribution in [0.15, 0.2) is 83.8 Å². The van der Waals surface area contributed by atoms with Crippen molar-refractivity contribution in [1.82, 2.24) is 10.2 Å². The lowest BCUT2D eigenvalue weighted by Crippen LogP contribution is -2.51. The van der Waals surface area contributed by atoms with Crippen LogP contribution in [0.3, 0.4) is 0 Å². The predicted molar refractivity (Wildman–Crippen MR) is 152 cm³/mol. The molecule has 3 aromatic rings. The largest absolute Gasteiger partial charge is 0.354 e. The van der Waals surface area contributed by atoms with E-state index in [9.17, 15) is 18.0 Å². The molecule has 0 saturated carbocycles. The third-order valence-corrected chi connectivity index (χ3v) is 8.41. The maximum Gasteiger partial charge on any atom is 0.264 e. The summed E-state index contributed by atoms with van der Waals surface area (Å²) in [6.45, 7) is 5.54. The van der Waals surface area contributed by atoms with Crippen molar-refractivity contribution < 1.29 is 18.0 Å². The fourth-order valence-electron chi connectivity index (χ4n) is 4.07. The number of carbonyl (C=O) groups excluding carboxylic acids is 2. The van der Waals surface area contributed by atoms with Crippen molar-refractivity contribution in [2.45, 2.75) is 51.1 Å². The summed E-state index contributed by atoms with van der Waals surface area (Å²) in [6.07, 6.45) is 1.32. The summed E-state index contributed by atoms with van der Waals surface area (Å²) in [7, 11) is -4.10. The third kappa shape index (κ3) is 6.94. The quantitative estimate of drug-likeness (QED) is 0.339. The van der Waals surface area contributed by atoms with Gasteiger partial charge in [-0.2, -0.15) is 0 Å². The van der Waals surface area contributed by atoms with Crippen LogP contribution < -0.4 is 9.62 Å². The van der Waals surface area contributed by atoms with Gasteiger partial charge in [-0.1, -0.05) is 80.0 Å². The van der Waals surface area contributed by atoms with Gasteiger partial charge in [0.1, 0.15) is 12.6 Å². The smallest absolute Gasteiger partial charge is 0.264 e. The molecule has 0 heterocycles. The molecule has 0 aliphatic carbocycles. The second kappa shape index (κ2) is 13.4. The van der Waals surface area contributed by atoms with E-state index < -0.39 is 28.5 Å². The third-order valence-electron chi connectivity index (χ3n) is 6.27. The standard InChI is InChI=1S/C29H34ClN3O4S/c1-4-19-31-29(35)22(3)32(20-24-14-9-11-17-26(24)30)28(34)21-33(27-18-12-10-13-23(27)5-2)38(36,37)25-15-7-6-8-16-25/h6-18,22H,4-5,19-21H2,1-3H3,(H,31,35)/t22-/m1/s1. The topological polar surface area (TPSA) is 86.8 Å². The van der Waals surface area contributed by atoms with Gasteiger partial charge in [-0.05, 0) is 55.2 Å². The van der Waals surface area contributed by atoms with Gasteiger partial charge in [-0.15, -0.1) is 0 Å². The number of nitrogens with zero attached hydrogens (tertiary/aromatic N) is 2. The molecule has 2 amide bonds. The lowest BCUT2D eigenvalue weighted by Gasteiger charge is -2.32. The normalized spacial score (nSPS) is 12.0. The molecule has 1 atom stereocenters. The van der Waals surface area contributed by atoms with Crippen LogP contribution in [0.4, 0.5) is 5.69 Å². The average Bonchev–Trinajstić information content (AvgIpc) is 2.94. The number of sulfonamides is 1. The van der Waals surface area contributed by atoms with Crippen LogP contribution in [0.25, 0.3) is 0 Å². The van der Waals surface area contributed by atoms with E-state index in [1.165, 1.54) is 17.0 Å². The van der Waals surface area contributed by atoms with Crippen molar-refractivity contribution in [2.24, 2.45) is 0 Å². The van der Waals surface area contributed by atoms with E-state index in [1.54, 1.807) is 61.5 Å². The lowest BCUT2D eigenvalue weighted by atomic mass is 10.1. The molecule has 1 N–H and O–H groups in total. The summed E-state index contributed by atoms with van der Waals surface area (Å²) in [5, 5.41) is 3.28. The van der Waals surface area contributed by atoms with Gasteiger partial charge < -0.3 is 10.2 Å². The molecule has 202 valence electrons. The Hall–Kier alpha value is -3.36. The molecule has 0 aliphatic heterocycles. The van der Waals surface area contributed by atoms with Gasteiger partial charge in [0.2, 0.25) is 11.8 Å². The summed E-state index contributed by atoms with van der Waals surface area (Å²) in [4.78, 5) is 28.3. The Morgan fingerprint density at radius 1 is 0.895 bits per heavy atom. The van der Waals surface area contributed by atoms with E-state index in [-0.39, 0.29) is 17.3 Å². The maximum absolute atomic E-state index is 13.9. The number of anilines is 1. The van der Waals surface area contributed by atoms with Crippen LogP contribution in [-0.2, 0) is 32.6 Å². The zero-order valence-electron chi connectivity index (χ0n) is 21.9. The number of para-hydroxylation sites is 1. The average molecular weight is 556 g/mol. The van der Waals surface area contributed by atoms with Gasteiger partial charge >= 0.3 is 0 Å². The first-order chi connectivity index (χ1) is 18.2. The molecule has 0 aliphatic rings. The Morgan fingerprint density at radius 3 is 2.13 bits per heavy atom. The summed E-state index contributed by atoms with van der Waals surface area (Å²) in [5.74, 6) is -0.840. The van der Waals surface area contributed by atoms with Crippen molar-refractivity contribution in [3.05, 3.63) is 95.0 Å². The van der Waals surface area contributed by atoms with Gasteiger partial charge in [-0.25, -0.2) is 8.42 Å². The molecule has 0 saturated heterocycles. The van der Waals surface area contributed by atoms with E-state index in [1.807, 2.05) is 26.0 Å². The highest BCUT2D eigenvalue weighted by molar-refractivity contribution is 7.92. The molecule has 0 bridgehead atoms. The van der Waals surface area contributed by atoms with Crippen LogP contribution in [0, 0.1) is 0 Å². The summed E-state index contributed by atoms with van der Waals surface area (Å²) in [6, 6.07) is 21.4. The van der Waals surface area contributed by atoms with E-state index >= 15 is 0 Å². The van der Waals surface area contributed by atoms with Crippen LogP contribution in [0.5, 0.6) is 0 Å². The Kier molecular flexibility index (Phi) is 10.3. The molecule has 0 fully saturated rings. The van der Waals surface area contributed by atoms with Crippen molar-refractivity contribution in [2.75, 3.05) is 17.4 Å². The second-order valence-electron chi connectivity index (χ2n) is 8.89. The number of rotatable bonds is 12. The maximum atomic E-state index is 13.9. The molecule has 3 aromatic carbocycles. The summed E-state index contributed by atoms with van der Waals surface area (Å²) in [5.41, 5.74) is 1.86. The molecule has 3 rings (SSSR count). The number of aryl methyl sites for hydroxylation is 1. The van der Waals surface area contributed by atoms with Crippen molar-refractivity contribution >= 4 is 39.1 Å². The zero-order valence-corrected chi connectivity index (χ0v) is 23.5. The fraction of sp³-hybridized carbons (Fsp3) is 0.310. The summed E-state index contributed by atoms with van der Waals surface area (Å²) < 4.78 is 28.9. The molecule has 0 aromatic heterocycles. The van der Waals surface area contributed by atoms with Gasteiger partial charge in [0.25, 0.3) is 10.0 Å². The van der Waals surface area contributed by atoms with Crippen LogP contribution in [0.1, 0.15) is 38.3 Å². The van der Waals surface area contributed by atoms with E-state index in [4.69, 9.17) is 11.6 Å². The van der Waals surface area contributed by atoms with Gasteiger partial charge in [0.05, 0.1) is 10.6 Å². The summed E-state index contributed by atoms with van der Waals surface area (Å²) >= 11 is 6.39. The Bertz CT molecular complexity index is 1350. The minimum absolute atomic E-state index is 0.0495. The molecule has 0 unspecified atom stereocenters. The molecule has 38 heavy (non-hydrogen) atoms. The molecular weight excluding hydrogens is 522 g/mol. The first-order valence-electron chi connectivity index (χ1n) is 12.7. The minimum Gasteiger partial charge on any atom is -0.354 e. The number of hydrogen-bond donors (Lipinski definition) is 1. The molecular formula is C29H34ClN3O4S. The van der Waals surface area contributed by atoms with E-state index in [0.717, 1.165) is 16.3 Å². The minimum atomic E-state index is -4.10. The van der Waals surface area contributed by atoms with Crippen LogP contribution in [0.2, 0.25) is 5.02 Å². The number of hydrogen-bond acceptors (Lipinski definition) is 4. The number of carbonyl (C=O) groups is 2. The van der Waals surface area contributed by atoms with Gasteiger partial charge in [0.15, 0.2) is 0 Å². The van der Waals surface area contributed by atoms with Crippen molar-refractivity contribution in [3.8, 4) is 0 Å². The fourth-order valence-corrected chi connectivity index (χ4v) is 5.74. The number of amides is 2. The Labute approximate surface area is 230 Å². The molecule has 0 spiro atoms. The highest BCUT2D eigenvalue weighted by atomic mass is 35.5. The lowest BCUT2D eigenvalue weighted by molar-refractivity contribution is -0.139. The van der Waals surface area contributed by atoms with Crippen molar-refractivity contribution in [1.29, 1.82) is 0 Å². The molecule has 7 nitrogen and oxygen atoms in total. The van der Waals surface area contributed by atoms with E-state index in [2.05, 4.69) is 5.32 Å². The highest BCUT2D eigenvalue weighted by Gasteiger charge is 2.33. The molecule has 9 heteroatoms. The first-order valence-corrected chi connectivity index (χ1v) is 14.5. The van der Waals surface area contributed by atoms with Crippen molar-refractivity contribution in [3.63, 3.8) is 0 Å². The molecule has 0 radical (unpaired) electrons. The monoisotopic (exact) mass is 555 g/mol. The van der Waals surface area contributed by atoms with Gasteiger partial charge in [-0.3, -0.25) is 13.9 Å². The Morgan fingerprint density at radius 2 is 1.50 bits per heavy atom. The highest BCUT2D eigenvalue weighted by Crippen LogP contribution is 2.28. The number of benzene rings is 3. The SMILES string of the molecule is CCCNC(=O)[C@@H](C)N(Cc1ccccc1Cl)C(=O)CN(c1ccccc1CC)S(=O)(=O)c1ccccc1. The second-order valence-corrected chi connectivity index (χ2v) is 11.2. The number of nitrogens with one attached hydrogen (secondary N) is 1. The predicted octanol–water partition coefficient (Wildman–Crippen LogP) is 5.04. The Balaban J connectivity index is 2.05. The van der Waals surface area contributed by atoms with Crippen LogP contribution >= 0.6 is 11.6 Å². The van der Waals surface area contributed by atoms with Gasteiger partial charge in [0, 0.05) is 18.1 Å². The number of halogens is 1. The zero-order chi connectivity index (χ0) is 27.7. The van der Waals surface area contributed by atoms with Crippen LogP contribution in [-0.4, -0.2) is 44.3 Å². The first kappa shape index (κ1) is 29.2. The van der Waals surface area contributed by atoms with E-state index in [0.29, 0.717) is 29.2 Å².